The number of hydrogen-bond acceptors (Lipinski definition) is 2. The lowest BCUT2D eigenvalue weighted by atomic mass is 9.76. The van der Waals surface area contributed by atoms with Gasteiger partial charge in [-0.15, -0.1) is 0 Å². The lowest BCUT2D eigenvalue weighted by Crippen LogP contribution is -2.24. The Bertz CT molecular complexity index is 826. The molecule has 0 radical (unpaired) electrons. The van der Waals surface area contributed by atoms with Crippen LogP contribution in [-0.4, -0.2) is 19.6 Å². The molecule has 0 fully saturated rings. The van der Waals surface area contributed by atoms with Crippen LogP contribution in [0, 0.1) is 13.8 Å². The van der Waals surface area contributed by atoms with Crippen LogP contribution in [0.1, 0.15) is 114 Å². The van der Waals surface area contributed by atoms with Gasteiger partial charge in [-0.1, -0.05) is 62.3 Å². The molecule has 4 heteroatoms. The Morgan fingerprint density at radius 2 is 1.43 bits per heavy atom. The van der Waals surface area contributed by atoms with Gasteiger partial charge in [0.15, 0.2) is 0 Å². The van der Waals surface area contributed by atoms with Crippen LogP contribution in [0.4, 0.5) is 0 Å². The van der Waals surface area contributed by atoms with Gasteiger partial charge in [0.1, 0.15) is 0 Å². The van der Waals surface area contributed by atoms with E-state index < -0.39 is 0 Å². The van der Waals surface area contributed by atoms with Crippen molar-refractivity contribution in [3.8, 4) is 0 Å². The summed E-state index contributed by atoms with van der Waals surface area (Å²) in [5, 5.41) is 9.80. The molecule has 0 spiro atoms. The Morgan fingerprint density at radius 3 is 1.86 bits per heavy atom. The summed E-state index contributed by atoms with van der Waals surface area (Å²) >= 11 is 0. The van der Waals surface area contributed by atoms with E-state index in [1.165, 1.54) is 28.2 Å². The van der Waals surface area contributed by atoms with Crippen LogP contribution < -0.4 is 0 Å². The lowest BCUT2D eigenvalue weighted by Gasteiger charge is -2.29. The molecule has 2 rings (SSSR count). The fourth-order valence-electron chi connectivity index (χ4n) is 4.83. The van der Waals surface area contributed by atoms with E-state index in [1.54, 1.807) is 0 Å². The van der Waals surface area contributed by atoms with Crippen LogP contribution in [-0.2, 0) is 24.4 Å². The Balaban J connectivity index is 2.41. The summed E-state index contributed by atoms with van der Waals surface area (Å²) in [6.45, 7) is 25.9. The maximum atomic E-state index is 4.91. The molecular formula is C24H42N4. The van der Waals surface area contributed by atoms with Crippen molar-refractivity contribution in [3.05, 3.63) is 33.9 Å². The number of hydrogen-bond donors (Lipinski definition) is 0. The predicted molar refractivity (Wildman–Crippen MR) is 119 cm³/mol. The minimum absolute atomic E-state index is 0.0433. The minimum atomic E-state index is 0.0433. The number of rotatable bonds is 6. The van der Waals surface area contributed by atoms with E-state index in [1.807, 2.05) is 0 Å². The third-order valence-electron chi connectivity index (χ3n) is 5.97. The quantitative estimate of drug-likeness (QED) is 0.597. The Morgan fingerprint density at radius 1 is 0.857 bits per heavy atom. The van der Waals surface area contributed by atoms with Crippen molar-refractivity contribution in [2.24, 2.45) is 7.05 Å². The molecule has 0 saturated carbocycles. The van der Waals surface area contributed by atoms with E-state index in [0.29, 0.717) is 11.8 Å². The monoisotopic (exact) mass is 386 g/mol. The second-order valence-electron chi connectivity index (χ2n) is 10.7. The standard InChI is InChI=1S/C24H42N4/c1-15(2)21-20(22(16(3)4)27(12)26-21)24(10,11)13-14-28-18(6)19(17(5)25-28)23(7,8)9/h15-16H,13-14H2,1-12H3. The summed E-state index contributed by atoms with van der Waals surface area (Å²) < 4.78 is 4.33. The van der Waals surface area contributed by atoms with Gasteiger partial charge in [0.2, 0.25) is 0 Å². The molecule has 0 N–H and O–H groups in total. The topological polar surface area (TPSA) is 35.6 Å². The number of aromatic nitrogens is 4. The molecule has 2 aromatic heterocycles. The molecule has 0 unspecified atom stereocenters. The van der Waals surface area contributed by atoms with E-state index >= 15 is 0 Å². The Kier molecular flexibility index (Phi) is 6.23. The van der Waals surface area contributed by atoms with Crippen molar-refractivity contribution in [1.82, 2.24) is 19.6 Å². The third-order valence-corrected chi connectivity index (χ3v) is 5.97. The van der Waals surface area contributed by atoms with E-state index in [-0.39, 0.29) is 10.8 Å². The average molecular weight is 387 g/mol. The Hall–Kier alpha value is -1.58. The van der Waals surface area contributed by atoms with Crippen LogP contribution in [0.2, 0.25) is 0 Å². The van der Waals surface area contributed by atoms with E-state index in [9.17, 15) is 0 Å². The third kappa shape index (κ3) is 4.21. The van der Waals surface area contributed by atoms with Crippen molar-refractivity contribution in [2.45, 2.75) is 112 Å². The van der Waals surface area contributed by atoms with Crippen LogP contribution in [0.5, 0.6) is 0 Å². The highest BCUT2D eigenvalue weighted by molar-refractivity contribution is 5.37. The molecule has 0 bridgehead atoms. The second-order valence-corrected chi connectivity index (χ2v) is 10.7. The molecule has 2 heterocycles. The predicted octanol–water partition coefficient (Wildman–Crippen LogP) is 6.15. The van der Waals surface area contributed by atoms with Crippen LogP contribution in [0.25, 0.3) is 0 Å². The first-order valence-electron chi connectivity index (χ1n) is 10.8. The zero-order chi connectivity index (χ0) is 21.6. The van der Waals surface area contributed by atoms with Crippen molar-refractivity contribution in [1.29, 1.82) is 0 Å². The van der Waals surface area contributed by atoms with Crippen molar-refractivity contribution in [3.63, 3.8) is 0 Å². The van der Waals surface area contributed by atoms with Gasteiger partial charge in [0.25, 0.3) is 0 Å². The second kappa shape index (κ2) is 7.68. The van der Waals surface area contributed by atoms with Gasteiger partial charge in [-0.3, -0.25) is 9.36 Å². The molecule has 4 nitrogen and oxygen atoms in total. The Labute approximate surface area is 172 Å². The highest BCUT2D eigenvalue weighted by Gasteiger charge is 2.33. The van der Waals surface area contributed by atoms with Crippen molar-refractivity contribution < 1.29 is 0 Å². The molecule has 0 aliphatic heterocycles. The zero-order valence-electron chi connectivity index (χ0n) is 20.4. The highest BCUT2D eigenvalue weighted by atomic mass is 15.3. The van der Waals surface area contributed by atoms with Gasteiger partial charge in [0.05, 0.1) is 11.4 Å². The molecule has 158 valence electrons. The van der Waals surface area contributed by atoms with E-state index in [0.717, 1.165) is 18.7 Å². The SMILES string of the molecule is Cc1nn(CCC(C)(C)c2c(C(C)C)nn(C)c2C(C)C)c(C)c1C(C)(C)C. The van der Waals surface area contributed by atoms with Gasteiger partial charge in [-0.2, -0.15) is 10.2 Å². The first-order chi connectivity index (χ1) is 12.7. The maximum Gasteiger partial charge on any atom is 0.0690 e. The summed E-state index contributed by atoms with van der Waals surface area (Å²) in [6.07, 6.45) is 1.05. The average Bonchev–Trinajstić information content (AvgIpc) is 3.02. The van der Waals surface area contributed by atoms with Gasteiger partial charge < -0.3 is 0 Å². The summed E-state index contributed by atoms with van der Waals surface area (Å²) in [7, 11) is 2.09. The molecular weight excluding hydrogens is 344 g/mol. The van der Waals surface area contributed by atoms with E-state index in [2.05, 4.69) is 92.6 Å². The summed E-state index contributed by atoms with van der Waals surface area (Å²) in [5.74, 6) is 0.884. The van der Waals surface area contributed by atoms with Gasteiger partial charge >= 0.3 is 0 Å². The molecule has 28 heavy (non-hydrogen) atoms. The molecule has 0 saturated heterocycles. The molecule has 0 aliphatic carbocycles. The van der Waals surface area contributed by atoms with Crippen molar-refractivity contribution >= 4 is 0 Å². The first kappa shape index (κ1) is 22.7. The number of aryl methyl sites for hydroxylation is 3. The van der Waals surface area contributed by atoms with Crippen LogP contribution >= 0.6 is 0 Å². The highest BCUT2D eigenvalue weighted by Crippen LogP contribution is 2.39. The lowest BCUT2D eigenvalue weighted by molar-refractivity contribution is 0.407. The van der Waals surface area contributed by atoms with Crippen molar-refractivity contribution in [2.75, 3.05) is 0 Å². The maximum absolute atomic E-state index is 4.91. The number of nitrogens with zero attached hydrogens (tertiary/aromatic N) is 4. The molecule has 0 aliphatic rings. The fraction of sp³-hybridized carbons (Fsp3) is 0.750. The van der Waals surface area contributed by atoms with Gasteiger partial charge in [-0.05, 0) is 42.9 Å². The largest absolute Gasteiger partial charge is 0.272 e. The summed E-state index contributed by atoms with van der Waals surface area (Å²) in [5.41, 5.74) is 8.09. The summed E-state index contributed by atoms with van der Waals surface area (Å²) in [6, 6.07) is 0. The van der Waals surface area contributed by atoms with Gasteiger partial charge in [-0.25, -0.2) is 0 Å². The first-order valence-corrected chi connectivity index (χ1v) is 10.8. The molecule has 0 aromatic carbocycles. The smallest absolute Gasteiger partial charge is 0.0690 e. The summed E-state index contributed by atoms with van der Waals surface area (Å²) in [4.78, 5) is 0. The van der Waals surface area contributed by atoms with Gasteiger partial charge in [0, 0.05) is 36.1 Å². The van der Waals surface area contributed by atoms with Crippen LogP contribution in [0.3, 0.4) is 0 Å². The minimum Gasteiger partial charge on any atom is -0.272 e. The molecule has 0 atom stereocenters. The fourth-order valence-corrected chi connectivity index (χ4v) is 4.83. The van der Waals surface area contributed by atoms with E-state index in [4.69, 9.17) is 10.2 Å². The normalized spacial score (nSPS) is 13.2. The van der Waals surface area contributed by atoms with Crippen LogP contribution in [0.15, 0.2) is 0 Å². The zero-order valence-corrected chi connectivity index (χ0v) is 20.4. The molecule has 0 amide bonds. The molecule has 2 aromatic rings.